The van der Waals surface area contributed by atoms with E-state index in [2.05, 4.69) is 4.37 Å². The van der Waals surface area contributed by atoms with Crippen LogP contribution in [0.15, 0.2) is 5.03 Å². The van der Waals surface area contributed by atoms with E-state index in [4.69, 9.17) is 11.5 Å². The number of amides is 1. The second kappa shape index (κ2) is 3.97. The monoisotopic (exact) mass is 217 g/mol. The van der Waals surface area contributed by atoms with Crippen LogP contribution in [0.1, 0.15) is 24.2 Å². The van der Waals surface area contributed by atoms with Gasteiger partial charge in [-0.25, -0.2) is 0 Å². The van der Waals surface area contributed by atoms with Gasteiger partial charge in [0.2, 0.25) is 0 Å². The van der Waals surface area contributed by atoms with Crippen molar-refractivity contribution in [1.29, 1.82) is 0 Å². The zero-order chi connectivity index (χ0) is 10.0. The fourth-order valence-electron chi connectivity index (χ4n) is 0.818. The molecule has 13 heavy (non-hydrogen) atoms. The molecule has 4 nitrogen and oxygen atoms in total. The molecular formula is C7H11N3OS2. The summed E-state index contributed by atoms with van der Waals surface area (Å²) in [5, 5.41) is 1.40. The van der Waals surface area contributed by atoms with Gasteiger partial charge in [-0.05, 0) is 11.5 Å². The summed E-state index contributed by atoms with van der Waals surface area (Å²) in [6.45, 7) is 4.04. The molecule has 0 spiro atoms. The Kier molecular flexibility index (Phi) is 3.16. The summed E-state index contributed by atoms with van der Waals surface area (Å²) in [5.41, 5.74) is 11.1. The first-order valence-corrected chi connectivity index (χ1v) is 5.39. The number of rotatable bonds is 3. The summed E-state index contributed by atoms with van der Waals surface area (Å²) >= 11 is 2.60. The highest BCUT2D eigenvalue weighted by atomic mass is 32.2. The van der Waals surface area contributed by atoms with Crippen LogP contribution in [0, 0.1) is 0 Å². The van der Waals surface area contributed by atoms with Crippen molar-refractivity contribution < 1.29 is 4.79 Å². The van der Waals surface area contributed by atoms with Crippen LogP contribution in [0.25, 0.3) is 0 Å². The second-order valence-electron chi connectivity index (χ2n) is 2.76. The Hall–Kier alpha value is -0.750. The van der Waals surface area contributed by atoms with Crippen LogP contribution in [-0.4, -0.2) is 15.5 Å². The van der Waals surface area contributed by atoms with E-state index < -0.39 is 5.91 Å². The van der Waals surface area contributed by atoms with E-state index in [-0.39, 0.29) is 0 Å². The van der Waals surface area contributed by atoms with Gasteiger partial charge in [0, 0.05) is 5.25 Å². The lowest BCUT2D eigenvalue weighted by Crippen LogP contribution is -2.13. The van der Waals surface area contributed by atoms with Gasteiger partial charge in [-0.2, -0.15) is 4.37 Å². The molecule has 0 atom stereocenters. The van der Waals surface area contributed by atoms with Crippen molar-refractivity contribution in [2.24, 2.45) is 5.73 Å². The molecule has 1 amide bonds. The molecule has 0 unspecified atom stereocenters. The van der Waals surface area contributed by atoms with Crippen LogP contribution >= 0.6 is 23.3 Å². The standard InChI is InChI=1S/C7H11N3OS2/c1-3(2)12-7-4(5(8)11)6(9)13-10-7/h3H,9H2,1-2H3,(H2,8,11). The number of carbonyl (C=O) groups is 1. The third-order valence-corrected chi connectivity index (χ3v) is 3.06. The number of primary amides is 1. The smallest absolute Gasteiger partial charge is 0.254 e. The van der Waals surface area contributed by atoms with Crippen LogP contribution in [0.5, 0.6) is 0 Å². The molecule has 1 rings (SSSR count). The van der Waals surface area contributed by atoms with Crippen LogP contribution in [0.2, 0.25) is 0 Å². The molecule has 72 valence electrons. The lowest BCUT2D eigenvalue weighted by Gasteiger charge is -2.02. The quantitative estimate of drug-likeness (QED) is 0.748. The fourth-order valence-corrected chi connectivity index (χ4v) is 2.50. The zero-order valence-corrected chi connectivity index (χ0v) is 9.04. The van der Waals surface area contributed by atoms with E-state index >= 15 is 0 Å². The molecule has 0 aliphatic carbocycles. The molecule has 0 saturated heterocycles. The van der Waals surface area contributed by atoms with Crippen LogP contribution in [0.4, 0.5) is 5.00 Å². The van der Waals surface area contributed by atoms with E-state index in [0.29, 0.717) is 20.8 Å². The first-order valence-electron chi connectivity index (χ1n) is 3.74. The summed E-state index contributed by atoms with van der Waals surface area (Å²) in [4.78, 5) is 11.0. The molecule has 1 aromatic rings. The first kappa shape index (κ1) is 10.3. The highest BCUT2D eigenvalue weighted by molar-refractivity contribution is 8.00. The van der Waals surface area contributed by atoms with Gasteiger partial charge in [-0.15, -0.1) is 11.8 Å². The molecular weight excluding hydrogens is 206 g/mol. The van der Waals surface area contributed by atoms with Gasteiger partial charge in [-0.3, -0.25) is 4.79 Å². The Labute approximate surface area is 84.9 Å². The number of nitrogens with zero attached hydrogens (tertiary/aromatic N) is 1. The maximum atomic E-state index is 11.0. The van der Waals surface area contributed by atoms with Crippen molar-refractivity contribution >= 4 is 34.2 Å². The summed E-state index contributed by atoms with van der Waals surface area (Å²) < 4.78 is 4.06. The predicted molar refractivity (Wildman–Crippen MR) is 56.0 cm³/mol. The van der Waals surface area contributed by atoms with Crippen molar-refractivity contribution in [3.63, 3.8) is 0 Å². The van der Waals surface area contributed by atoms with Crippen LogP contribution in [-0.2, 0) is 0 Å². The summed E-state index contributed by atoms with van der Waals surface area (Å²) in [7, 11) is 0. The van der Waals surface area contributed by atoms with Gasteiger partial charge in [0.05, 0.1) is 0 Å². The van der Waals surface area contributed by atoms with Gasteiger partial charge < -0.3 is 11.5 Å². The molecule has 0 aliphatic heterocycles. The van der Waals surface area contributed by atoms with Crippen molar-refractivity contribution in [3.05, 3.63) is 5.56 Å². The SMILES string of the molecule is CC(C)Sc1nsc(N)c1C(N)=O. The molecule has 6 heteroatoms. The maximum absolute atomic E-state index is 11.0. The number of anilines is 1. The number of thioether (sulfide) groups is 1. The molecule has 0 aromatic carbocycles. The highest BCUT2D eigenvalue weighted by Gasteiger charge is 2.17. The lowest BCUT2D eigenvalue weighted by molar-refractivity contribution is 0.0998. The Morgan fingerprint density at radius 3 is 2.69 bits per heavy atom. The molecule has 0 saturated carbocycles. The van der Waals surface area contributed by atoms with Gasteiger partial charge in [-0.1, -0.05) is 13.8 Å². The number of carbonyl (C=O) groups excluding carboxylic acids is 1. The molecule has 0 fully saturated rings. The van der Waals surface area contributed by atoms with Crippen LogP contribution < -0.4 is 11.5 Å². The molecule has 0 radical (unpaired) electrons. The van der Waals surface area contributed by atoms with E-state index in [1.165, 1.54) is 11.8 Å². The van der Waals surface area contributed by atoms with E-state index in [9.17, 15) is 4.79 Å². The maximum Gasteiger partial charge on any atom is 0.254 e. The van der Waals surface area contributed by atoms with Gasteiger partial charge >= 0.3 is 0 Å². The number of aromatic nitrogens is 1. The van der Waals surface area contributed by atoms with Gasteiger partial charge in [0.25, 0.3) is 5.91 Å². The van der Waals surface area contributed by atoms with Crippen molar-refractivity contribution in [3.8, 4) is 0 Å². The van der Waals surface area contributed by atoms with Crippen molar-refractivity contribution in [2.45, 2.75) is 24.1 Å². The first-order chi connectivity index (χ1) is 6.02. The van der Waals surface area contributed by atoms with Gasteiger partial charge in [0.1, 0.15) is 15.6 Å². The minimum absolute atomic E-state index is 0.361. The minimum atomic E-state index is -0.505. The Morgan fingerprint density at radius 1 is 1.62 bits per heavy atom. The molecule has 4 N–H and O–H groups in total. The lowest BCUT2D eigenvalue weighted by atomic mass is 10.3. The topological polar surface area (TPSA) is 82.0 Å². The number of hydrogen-bond acceptors (Lipinski definition) is 5. The number of hydrogen-bond donors (Lipinski definition) is 2. The number of nitrogen functional groups attached to an aromatic ring is 1. The fraction of sp³-hybridized carbons (Fsp3) is 0.429. The van der Waals surface area contributed by atoms with Crippen molar-refractivity contribution in [1.82, 2.24) is 4.37 Å². The third-order valence-electron chi connectivity index (χ3n) is 1.28. The summed E-state index contributed by atoms with van der Waals surface area (Å²) in [5.74, 6) is -0.505. The predicted octanol–water partition coefficient (Wildman–Crippen LogP) is 1.32. The zero-order valence-electron chi connectivity index (χ0n) is 7.40. The molecule has 1 heterocycles. The van der Waals surface area contributed by atoms with E-state index in [0.717, 1.165) is 11.5 Å². The highest BCUT2D eigenvalue weighted by Crippen LogP contribution is 2.31. The summed E-state index contributed by atoms with van der Waals surface area (Å²) in [6, 6.07) is 0. The second-order valence-corrected chi connectivity index (χ2v) is 5.13. The number of nitrogens with two attached hydrogens (primary N) is 2. The normalized spacial score (nSPS) is 10.7. The Balaban J connectivity index is 3.00. The van der Waals surface area contributed by atoms with Crippen LogP contribution in [0.3, 0.4) is 0 Å². The molecule has 0 aliphatic rings. The Morgan fingerprint density at radius 2 is 2.23 bits per heavy atom. The van der Waals surface area contributed by atoms with E-state index in [1.807, 2.05) is 13.8 Å². The van der Waals surface area contributed by atoms with Gasteiger partial charge in [0.15, 0.2) is 0 Å². The van der Waals surface area contributed by atoms with Crippen molar-refractivity contribution in [2.75, 3.05) is 5.73 Å². The average Bonchev–Trinajstić information content (AvgIpc) is 2.30. The Bertz CT molecular complexity index is 322. The molecule has 0 bridgehead atoms. The molecule has 1 aromatic heterocycles. The van der Waals surface area contributed by atoms with E-state index in [1.54, 1.807) is 0 Å². The largest absolute Gasteiger partial charge is 0.389 e. The average molecular weight is 217 g/mol. The minimum Gasteiger partial charge on any atom is -0.389 e. The summed E-state index contributed by atoms with van der Waals surface area (Å²) in [6.07, 6.45) is 0. The third kappa shape index (κ3) is 2.35.